The van der Waals surface area contributed by atoms with Gasteiger partial charge in [-0.15, -0.1) is 0 Å². The highest BCUT2D eigenvalue weighted by molar-refractivity contribution is 5.41. The number of hydrogen-bond acceptors (Lipinski definition) is 3. The van der Waals surface area contributed by atoms with Crippen LogP contribution in [0.4, 0.5) is 5.82 Å². The third kappa shape index (κ3) is 4.35. The summed E-state index contributed by atoms with van der Waals surface area (Å²) in [7, 11) is 0. The third-order valence-electron chi connectivity index (χ3n) is 2.53. The lowest BCUT2D eigenvalue weighted by molar-refractivity contribution is 0.281. The first-order valence-electron chi connectivity index (χ1n) is 6.19. The van der Waals surface area contributed by atoms with Gasteiger partial charge in [-0.05, 0) is 23.6 Å². The minimum atomic E-state index is -0.000555. The molecule has 1 heterocycles. The second-order valence-corrected chi connectivity index (χ2v) is 5.93. The molecule has 0 atom stereocenters. The average molecular weight is 236 g/mol. The summed E-state index contributed by atoms with van der Waals surface area (Å²) in [4.78, 5) is 4.60. The summed E-state index contributed by atoms with van der Waals surface area (Å²) in [6.07, 6.45) is 0. The first-order chi connectivity index (χ1) is 7.82. The van der Waals surface area contributed by atoms with E-state index in [9.17, 15) is 5.11 Å². The van der Waals surface area contributed by atoms with Crippen molar-refractivity contribution < 1.29 is 5.11 Å². The maximum absolute atomic E-state index is 9.27. The molecule has 0 aliphatic carbocycles. The monoisotopic (exact) mass is 236 g/mol. The van der Waals surface area contributed by atoms with Gasteiger partial charge in [0.15, 0.2) is 0 Å². The highest BCUT2D eigenvalue weighted by Gasteiger charge is 2.17. The van der Waals surface area contributed by atoms with Crippen molar-refractivity contribution in [3.05, 3.63) is 23.4 Å². The SMILES string of the molecule is CC(C)CNc1cc(CO)cc(C(C)(C)C)n1. The molecule has 0 spiro atoms. The van der Waals surface area contributed by atoms with Gasteiger partial charge < -0.3 is 10.4 Å². The van der Waals surface area contributed by atoms with Crippen LogP contribution in [0.2, 0.25) is 0 Å². The van der Waals surface area contributed by atoms with Gasteiger partial charge in [0.1, 0.15) is 5.82 Å². The summed E-state index contributed by atoms with van der Waals surface area (Å²) in [6.45, 7) is 11.7. The van der Waals surface area contributed by atoms with Gasteiger partial charge in [-0.2, -0.15) is 0 Å². The smallest absolute Gasteiger partial charge is 0.126 e. The standard InChI is InChI=1S/C14H24N2O/c1-10(2)8-15-13-7-11(9-17)6-12(16-13)14(3,4)5/h6-7,10,17H,8-9H2,1-5H3,(H,15,16). The highest BCUT2D eigenvalue weighted by Crippen LogP contribution is 2.23. The molecule has 1 aromatic heterocycles. The number of aliphatic hydroxyl groups is 1. The Hall–Kier alpha value is -1.09. The number of anilines is 1. The predicted molar refractivity (Wildman–Crippen MR) is 72.2 cm³/mol. The Kier molecular flexibility index (Phi) is 4.52. The second-order valence-electron chi connectivity index (χ2n) is 5.93. The van der Waals surface area contributed by atoms with Crippen LogP contribution in [0.25, 0.3) is 0 Å². The van der Waals surface area contributed by atoms with Crippen LogP contribution in [0.15, 0.2) is 12.1 Å². The molecule has 0 saturated carbocycles. The van der Waals surface area contributed by atoms with Crippen molar-refractivity contribution in [1.29, 1.82) is 0 Å². The molecule has 3 heteroatoms. The van der Waals surface area contributed by atoms with Crippen molar-refractivity contribution in [2.24, 2.45) is 5.92 Å². The molecular formula is C14H24N2O. The van der Waals surface area contributed by atoms with Crippen molar-refractivity contribution in [2.75, 3.05) is 11.9 Å². The number of nitrogens with one attached hydrogen (secondary N) is 1. The van der Waals surface area contributed by atoms with Crippen molar-refractivity contribution in [2.45, 2.75) is 46.6 Å². The maximum Gasteiger partial charge on any atom is 0.126 e. The fourth-order valence-electron chi connectivity index (χ4n) is 1.46. The Labute approximate surface area is 104 Å². The average Bonchev–Trinajstić information content (AvgIpc) is 2.24. The third-order valence-corrected chi connectivity index (χ3v) is 2.53. The summed E-state index contributed by atoms with van der Waals surface area (Å²) >= 11 is 0. The summed E-state index contributed by atoms with van der Waals surface area (Å²) in [6, 6.07) is 3.89. The molecule has 0 aromatic carbocycles. The van der Waals surface area contributed by atoms with Crippen LogP contribution in [-0.2, 0) is 12.0 Å². The molecule has 0 bridgehead atoms. The molecule has 3 nitrogen and oxygen atoms in total. The highest BCUT2D eigenvalue weighted by atomic mass is 16.3. The zero-order valence-electron chi connectivity index (χ0n) is 11.5. The lowest BCUT2D eigenvalue weighted by atomic mass is 9.91. The molecule has 0 saturated heterocycles. The Morgan fingerprint density at radius 3 is 2.41 bits per heavy atom. The van der Waals surface area contributed by atoms with Crippen LogP contribution in [-0.4, -0.2) is 16.6 Å². The molecule has 96 valence electrons. The van der Waals surface area contributed by atoms with Gasteiger partial charge in [-0.25, -0.2) is 4.98 Å². The van der Waals surface area contributed by atoms with Gasteiger partial charge in [0.2, 0.25) is 0 Å². The predicted octanol–water partition coefficient (Wildman–Crippen LogP) is 2.94. The second kappa shape index (κ2) is 5.50. The number of hydrogen-bond donors (Lipinski definition) is 2. The normalized spacial score (nSPS) is 11.9. The molecule has 2 N–H and O–H groups in total. The van der Waals surface area contributed by atoms with E-state index >= 15 is 0 Å². The van der Waals surface area contributed by atoms with Crippen LogP contribution < -0.4 is 5.32 Å². The minimum absolute atomic E-state index is 0.000555. The van der Waals surface area contributed by atoms with E-state index in [4.69, 9.17) is 0 Å². The van der Waals surface area contributed by atoms with E-state index in [1.807, 2.05) is 12.1 Å². The lowest BCUT2D eigenvalue weighted by Crippen LogP contribution is -2.17. The van der Waals surface area contributed by atoms with Crippen LogP contribution in [0, 0.1) is 5.92 Å². The Balaban J connectivity index is 2.97. The van der Waals surface area contributed by atoms with Crippen LogP contribution in [0.1, 0.15) is 45.9 Å². The molecule has 1 aromatic rings. The Morgan fingerprint density at radius 1 is 1.29 bits per heavy atom. The minimum Gasteiger partial charge on any atom is -0.392 e. The quantitative estimate of drug-likeness (QED) is 0.845. The number of nitrogens with zero attached hydrogens (tertiary/aromatic N) is 1. The van der Waals surface area contributed by atoms with E-state index in [1.54, 1.807) is 0 Å². The lowest BCUT2D eigenvalue weighted by Gasteiger charge is -2.20. The number of pyridine rings is 1. The summed E-state index contributed by atoms with van der Waals surface area (Å²) in [5.41, 5.74) is 1.92. The topological polar surface area (TPSA) is 45.1 Å². The number of aromatic nitrogens is 1. The zero-order valence-corrected chi connectivity index (χ0v) is 11.5. The van der Waals surface area contributed by atoms with Crippen LogP contribution in [0.3, 0.4) is 0 Å². The van der Waals surface area contributed by atoms with E-state index in [1.165, 1.54) is 0 Å². The first-order valence-corrected chi connectivity index (χ1v) is 6.19. The molecule has 1 rings (SSSR count). The van der Waals surface area contributed by atoms with Gasteiger partial charge in [-0.1, -0.05) is 34.6 Å². The number of aliphatic hydroxyl groups excluding tert-OH is 1. The van der Waals surface area contributed by atoms with E-state index in [-0.39, 0.29) is 12.0 Å². The van der Waals surface area contributed by atoms with Crippen molar-refractivity contribution in [1.82, 2.24) is 4.98 Å². The van der Waals surface area contributed by atoms with E-state index in [0.29, 0.717) is 5.92 Å². The molecule has 0 aliphatic rings. The molecule has 0 unspecified atom stereocenters. The van der Waals surface area contributed by atoms with E-state index < -0.39 is 0 Å². The van der Waals surface area contributed by atoms with Gasteiger partial charge in [-0.3, -0.25) is 0 Å². The van der Waals surface area contributed by atoms with Crippen molar-refractivity contribution in [3.63, 3.8) is 0 Å². The van der Waals surface area contributed by atoms with E-state index in [0.717, 1.165) is 23.6 Å². The Morgan fingerprint density at radius 2 is 1.94 bits per heavy atom. The first kappa shape index (κ1) is 14.0. The largest absolute Gasteiger partial charge is 0.392 e. The van der Waals surface area contributed by atoms with Gasteiger partial charge in [0.25, 0.3) is 0 Å². The molecule has 0 aliphatic heterocycles. The van der Waals surface area contributed by atoms with Crippen LogP contribution >= 0.6 is 0 Å². The molecular weight excluding hydrogens is 212 g/mol. The van der Waals surface area contributed by atoms with Gasteiger partial charge in [0.05, 0.1) is 6.61 Å². The molecule has 17 heavy (non-hydrogen) atoms. The summed E-state index contributed by atoms with van der Waals surface area (Å²) < 4.78 is 0. The van der Waals surface area contributed by atoms with Crippen LogP contribution in [0.5, 0.6) is 0 Å². The maximum atomic E-state index is 9.27. The Bertz CT molecular complexity index is 367. The molecule has 0 radical (unpaired) electrons. The fraction of sp³-hybridized carbons (Fsp3) is 0.643. The van der Waals surface area contributed by atoms with Gasteiger partial charge >= 0.3 is 0 Å². The number of rotatable bonds is 4. The zero-order chi connectivity index (χ0) is 13.1. The summed E-state index contributed by atoms with van der Waals surface area (Å²) in [5.74, 6) is 1.43. The van der Waals surface area contributed by atoms with Crippen molar-refractivity contribution >= 4 is 5.82 Å². The van der Waals surface area contributed by atoms with Crippen molar-refractivity contribution in [3.8, 4) is 0 Å². The fourth-order valence-corrected chi connectivity index (χ4v) is 1.46. The molecule has 0 fully saturated rings. The van der Waals surface area contributed by atoms with E-state index in [2.05, 4.69) is 44.9 Å². The van der Waals surface area contributed by atoms with Gasteiger partial charge in [0, 0.05) is 17.7 Å². The molecule has 0 amide bonds. The summed E-state index contributed by atoms with van der Waals surface area (Å²) in [5, 5.41) is 12.6.